The molecule has 1 saturated carbocycles. The van der Waals surface area contributed by atoms with Crippen molar-refractivity contribution in [1.82, 2.24) is 5.32 Å². The van der Waals surface area contributed by atoms with Crippen molar-refractivity contribution in [2.45, 2.75) is 51.6 Å². The zero-order chi connectivity index (χ0) is 10.1. The zero-order valence-corrected chi connectivity index (χ0v) is 8.76. The van der Waals surface area contributed by atoms with Crippen molar-refractivity contribution in [3.63, 3.8) is 0 Å². The Bertz CT molecular complexity index is 197. The second kappa shape index (κ2) is 3.66. The number of nitrogens with one attached hydrogen (secondary N) is 1. The Kier molecular flexibility index (Phi) is 2.96. The molecule has 0 radical (unpaired) electrons. The van der Waals surface area contributed by atoms with Gasteiger partial charge < -0.3 is 11.1 Å². The summed E-state index contributed by atoms with van der Waals surface area (Å²) in [4.78, 5) is 11.1. The fraction of sp³-hybridized carbons (Fsp3) is 0.900. The van der Waals surface area contributed by atoms with E-state index in [1.54, 1.807) is 0 Å². The average Bonchev–Trinajstić information content (AvgIpc) is 2.82. The molecule has 1 fully saturated rings. The SMILES string of the molecule is CCC(NC(C)(C)C(N)=O)C1CC1. The summed E-state index contributed by atoms with van der Waals surface area (Å²) in [5.41, 5.74) is 4.73. The Labute approximate surface area is 80.1 Å². The zero-order valence-electron chi connectivity index (χ0n) is 8.76. The number of carbonyl (C=O) groups excluding carboxylic acids is 1. The van der Waals surface area contributed by atoms with Crippen molar-refractivity contribution in [2.75, 3.05) is 0 Å². The molecule has 1 aliphatic carbocycles. The van der Waals surface area contributed by atoms with Crippen LogP contribution in [0.5, 0.6) is 0 Å². The van der Waals surface area contributed by atoms with Crippen molar-refractivity contribution < 1.29 is 4.79 Å². The maximum absolute atomic E-state index is 11.1. The van der Waals surface area contributed by atoms with E-state index >= 15 is 0 Å². The molecule has 3 heteroatoms. The number of carbonyl (C=O) groups is 1. The molecule has 1 rings (SSSR count). The van der Waals surface area contributed by atoms with Gasteiger partial charge in [-0.05, 0) is 39.0 Å². The monoisotopic (exact) mass is 184 g/mol. The van der Waals surface area contributed by atoms with Crippen LogP contribution in [0.15, 0.2) is 0 Å². The van der Waals surface area contributed by atoms with E-state index in [1.165, 1.54) is 12.8 Å². The third-order valence-electron chi connectivity index (χ3n) is 2.79. The van der Waals surface area contributed by atoms with Crippen molar-refractivity contribution in [3.05, 3.63) is 0 Å². The van der Waals surface area contributed by atoms with E-state index in [2.05, 4.69) is 12.2 Å². The minimum atomic E-state index is -0.566. The van der Waals surface area contributed by atoms with E-state index in [9.17, 15) is 4.79 Å². The topological polar surface area (TPSA) is 55.1 Å². The van der Waals surface area contributed by atoms with Gasteiger partial charge in [0.1, 0.15) is 0 Å². The fourth-order valence-electron chi connectivity index (χ4n) is 1.59. The number of nitrogens with two attached hydrogens (primary N) is 1. The van der Waals surface area contributed by atoms with Gasteiger partial charge in [0, 0.05) is 6.04 Å². The molecule has 0 spiro atoms. The lowest BCUT2D eigenvalue weighted by molar-refractivity contribution is -0.123. The average molecular weight is 184 g/mol. The van der Waals surface area contributed by atoms with Gasteiger partial charge in [-0.2, -0.15) is 0 Å². The van der Waals surface area contributed by atoms with Gasteiger partial charge in [0.2, 0.25) is 5.91 Å². The van der Waals surface area contributed by atoms with Crippen LogP contribution in [0, 0.1) is 5.92 Å². The van der Waals surface area contributed by atoms with Crippen LogP contribution in [-0.2, 0) is 4.79 Å². The first-order chi connectivity index (χ1) is 5.97. The number of primary amides is 1. The highest BCUT2D eigenvalue weighted by Gasteiger charge is 2.35. The number of hydrogen-bond acceptors (Lipinski definition) is 2. The first kappa shape index (κ1) is 10.5. The number of amides is 1. The van der Waals surface area contributed by atoms with Crippen LogP contribution in [0.25, 0.3) is 0 Å². The van der Waals surface area contributed by atoms with E-state index in [0.29, 0.717) is 6.04 Å². The van der Waals surface area contributed by atoms with Gasteiger partial charge >= 0.3 is 0 Å². The molecule has 1 atom stereocenters. The summed E-state index contributed by atoms with van der Waals surface area (Å²) in [7, 11) is 0. The molecule has 13 heavy (non-hydrogen) atoms. The highest BCUT2D eigenvalue weighted by molar-refractivity contribution is 5.83. The summed E-state index contributed by atoms with van der Waals surface area (Å²) in [5.74, 6) is 0.496. The van der Waals surface area contributed by atoms with Crippen LogP contribution < -0.4 is 11.1 Å². The molecule has 3 nitrogen and oxygen atoms in total. The summed E-state index contributed by atoms with van der Waals surface area (Å²) in [6, 6.07) is 0.461. The van der Waals surface area contributed by atoms with Crippen molar-refractivity contribution in [3.8, 4) is 0 Å². The predicted molar refractivity (Wildman–Crippen MR) is 53.2 cm³/mol. The van der Waals surface area contributed by atoms with Crippen LogP contribution in [0.1, 0.15) is 40.0 Å². The Morgan fingerprint density at radius 1 is 1.62 bits per heavy atom. The molecule has 0 aromatic rings. The molecule has 1 aliphatic rings. The van der Waals surface area contributed by atoms with Gasteiger partial charge in [-0.15, -0.1) is 0 Å². The summed E-state index contributed by atoms with van der Waals surface area (Å²) >= 11 is 0. The normalized spacial score (nSPS) is 19.9. The molecule has 0 saturated heterocycles. The van der Waals surface area contributed by atoms with Crippen molar-refractivity contribution >= 4 is 5.91 Å². The first-order valence-corrected chi connectivity index (χ1v) is 5.05. The first-order valence-electron chi connectivity index (χ1n) is 5.05. The van der Waals surface area contributed by atoms with Crippen molar-refractivity contribution in [1.29, 1.82) is 0 Å². The lowest BCUT2D eigenvalue weighted by Gasteiger charge is -2.28. The second-order valence-corrected chi connectivity index (χ2v) is 4.49. The summed E-state index contributed by atoms with van der Waals surface area (Å²) < 4.78 is 0. The lowest BCUT2D eigenvalue weighted by Crippen LogP contribution is -2.55. The molecule has 1 amide bonds. The second-order valence-electron chi connectivity index (χ2n) is 4.49. The smallest absolute Gasteiger partial charge is 0.237 e. The molecular weight excluding hydrogens is 164 g/mol. The summed E-state index contributed by atoms with van der Waals surface area (Å²) in [6.07, 6.45) is 3.65. The largest absolute Gasteiger partial charge is 0.368 e. The van der Waals surface area contributed by atoms with Gasteiger partial charge in [0.05, 0.1) is 5.54 Å². The van der Waals surface area contributed by atoms with Gasteiger partial charge in [-0.3, -0.25) is 4.79 Å². The third kappa shape index (κ3) is 2.69. The molecule has 0 aromatic carbocycles. The van der Waals surface area contributed by atoms with E-state index in [-0.39, 0.29) is 5.91 Å². The standard InChI is InChI=1S/C10H20N2O/c1-4-8(7-5-6-7)12-10(2,3)9(11)13/h7-8,12H,4-6H2,1-3H3,(H2,11,13). The number of hydrogen-bond donors (Lipinski definition) is 2. The molecule has 0 heterocycles. The Balaban J connectivity index is 2.48. The predicted octanol–water partition coefficient (Wildman–Crippen LogP) is 1.03. The van der Waals surface area contributed by atoms with Crippen LogP contribution in [0.2, 0.25) is 0 Å². The molecule has 3 N–H and O–H groups in total. The van der Waals surface area contributed by atoms with Crippen molar-refractivity contribution in [2.24, 2.45) is 11.7 Å². The number of rotatable bonds is 5. The maximum Gasteiger partial charge on any atom is 0.237 e. The molecule has 0 bridgehead atoms. The highest BCUT2D eigenvalue weighted by Crippen LogP contribution is 2.34. The molecular formula is C10H20N2O. The van der Waals surface area contributed by atoms with E-state index < -0.39 is 5.54 Å². The van der Waals surface area contributed by atoms with Crippen LogP contribution in [0.3, 0.4) is 0 Å². The van der Waals surface area contributed by atoms with Crippen LogP contribution in [0.4, 0.5) is 0 Å². The Morgan fingerprint density at radius 3 is 2.46 bits per heavy atom. The van der Waals surface area contributed by atoms with Crippen LogP contribution >= 0.6 is 0 Å². The van der Waals surface area contributed by atoms with E-state index in [1.807, 2.05) is 13.8 Å². The van der Waals surface area contributed by atoms with Crippen LogP contribution in [-0.4, -0.2) is 17.5 Å². The van der Waals surface area contributed by atoms with Gasteiger partial charge in [0.15, 0.2) is 0 Å². The Morgan fingerprint density at radius 2 is 2.15 bits per heavy atom. The summed E-state index contributed by atoms with van der Waals surface area (Å²) in [5, 5.41) is 3.33. The van der Waals surface area contributed by atoms with Gasteiger partial charge in [-0.1, -0.05) is 6.92 Å². The molecule has 76 valence electrons. The third-order valence-corrected chi connectivity index (χ3v) is 2.79. The quantitative estimate of drug-likeness (QED) is 0.670. The van der Waals surface area contributed by atoms with Gasteiger partial charge in [-0.25, -0.2) is 0 Å². The Hall–Kier alpha value is -0.570. The fourth-order valence-corrected chi connectivity index (χ4v) is 1.59. The maximum atomic E-state index is 11.1. The molecule has 0 aliphatic heterocycles. The minimum Gasteiger partial charge on any atom is -0.368 e. The van der Waals surface area contributed by atoms with E-state index in [0.717, 1.165) is 12.3 Å². The highest BCUT2D eigenvalue weighted by atomic mass is 16.1. The minimum absolute atomic E-state index is 0.272. The van der Waals surface area contributed by atoms with Gasteiger partial charge in [0.25, 0.3) is 0 Å². The van der Waals surface area contributed by atoms with E-state index in [4.69, 9.17) is 5.73 Å². The lowest BCUT2D eigenvalue weighted by atomic mass is 10.0. The molecule has 1 unspecified atom stereocenters. The summed E-state index contributed by atoms with van der Waals surface area (Å²) in [6.45, 7) is 5.84. The molecule has 0 aromatic heterocycles.